The van der Waals surface area contributed by atoms with E-state index in [1.165, 1.54) is 20.8 Å². The molecule has 0 spiro atoms. The quantitative estimate of drug-likeness (QED) is 0.300. The predicted molar refractivity (Wildman–Crippen MR) is 102 cm³/mol. The summed E-state index contributed by atoms with van der Waals surface area (Å²) in [4.78, 5) is 37.5. The monoisotopic (exact) mass is 454 g/mol. The lowest BCUT2D eigenvalue weighted by atomic mass is 9.89. The summed E-state index contributed by atoms with van der Waals surface area (Å²) in [6.45, 7) is 5.04. The number of aromatic amines is 2. The molecule has 2 heterocycles. The maximum absolute atomic E-state index is 15.6. The summed E-state index contributed by atoms with van der Waals surface area (Å²) >= 11 is 0. The van der Waals surface area contributed by atoms with Crippen molar-refractivity contribution >= 4 is 7.60 Å². The van der Waals surface area contributed by atoms with Crippen molar-refractivity contribution in [1.82, 2.24) is 9.97 Å². The molecule has 1 aromatic heterocycles. The third kappa shape index (κ3) is 4.45. The molecule has 11 nitrogen and oxygen atoms in total. The molecule has 6 N–H and O–H groups in total. The minimum atomic E-state index is -4.86. The van der Waals surface area contributed by atoms with Crippen LogP contribution in [0.5, 0.6) is 0 Å². The van der Waals surface area contributed by atoms with Crippen molar-refractivity contribution in [2.24, 2.45) is 5.92 Å². The smallest absolute Gasteiger partial charge is 0.361 e. The van der Waals surface area contributed by atoms with E-state index >= 15 is 4.39 Å². The highest BCUT2D eigenvalue weighted by molar-refractivity contribution is 7.54. The lowest BCUT2D eigenvalue weighted by molar-refractivity contribution is -0.169. The molecular formula is C17H28FN2O9P. The average molecular weight is 454 g/mol. The number of ether oxygens (including phenoxy) is 1. The molecule has 13 heteroatoms. The third-order valence-electron chi connectivity index (χ3n) is 5.66. The van der Waals surface area contributed by atoms with E-state index in [0.29, 0.717) is 0 Å². The number of halogens is 1. The van der Waals surface area contributed by atoms with Gasteiger partial charge in [-0.15, -0.1) is 0 Å². The summed E-state index contributed by atoms with van der Waals surface area (Å²) < 4.78 is 38.5. The van der Waals surface area contributed by atoms with Gasteiger partial charge in [-0.05, 0) is 13.3 Å². The van der Waals surface area contributed by atoms with E-state index in [1.807, 2.05) is 4.98 Å². The number of nitrogens with one attached hydrogen (secondary N) is 2. The van der Waals surface area contributed by atoms with Crippen LogP contribution >= 0.6 is 7.60 Å². The Morgan fingerprint density at radius 3 is 2.40 bits per heavy atom. The molecule has 0 radical (unpaired) electrons. The summed E-state index contributed by atoms with van der Waals surface area (Å²) in [6, 6.07) is 0. The first-order valence-corrected chi connectivity index (χ1v) is 11.1. The van der Waals surface area contributed by atoms with E-state index in [-0.39, 0.29) is 12.0 Å². The summed E-state index contributed by atoms with van der Waals surface area (Å²) in [5.41, 5.74) is -1.84. The fraction of sp³-hybridized carbons (Fsp3) is 0.765. The Morgan fingerprint density at radius 2 is 1.90 bits per heavy atom. The van der Waals surface area contributed by atoms with Gasteiger partial charge in [-0.3, -0.25) is 18.9 Å². The maximum Gasteiger partial charge on any atom is 0.361 e. The zero-order valence-corrected chi connectivity index (χ0v) is 17.9. The average Bonchev–Trinajstić information content (AvgIpc) is 2.95. The zero-order chi connectivity index (χ0) is 23.1. The first kappa shape index (κ1) is 24.9. The van der Waals surface area contributed by atoms with Gasteiger partial charge in [0.15, 0.2) is 5.34 Å². The highest BCUT2D eigenvalue weighted by atomic mass is 31.2. The first-order chi connectivity index (χ1) is 13.7. The van der Waals surface area contributed by atoms with E-state index in [4.69, 9.17) is 9.26 Å². The SMILES string of the molecule is CCC(F)(OP(=O)(O)C(C)(O)CC)C(C)[C@H]1O[C@@H](c2c[nH]c(=O)[nH]c2=O)[C@H](O)[C@@H]1O. The Kier molecular flexibility index (Phi) is 7.14. The summed E-state index contributed by atoms with van der Waals surface area (Å²) in [6.07, 6.45) is -5.77. The second-order valence-corrected chi connectivity index (χ2v) is 9.83. The lowest BCUT2D eigenvalue weighted by Gasteiger charge is -2.38. The molecule has 0 bridgehead atoms. The van der Waals surface area contributed by atoms with Gasteiger partial charge in [-0.2, -0.15) is 0 Å². The number of aliphatic hydroxyl groups excluding tert-OH is 2. The number of aromatic nitrogens is 2. The van der Waals surface area contributed by atoms with Crippen LogP contribution in [0.1, 0.15) is 52.2 Å². The second kappa shape index (κ2) is 8.62. The minimum Gasteiger partial charge on any atom is -0.388 e. The fourth-order valence-corrected chi connectivity index (χ4v) is 4.53. The van der Waals surface area contributed by atoms with Crippen molar-refractivity contribution in [3.63, 3.8) is 0 Å². The molecule has 0 saturated carbocycles. The van der Waals surface area contributed by atoms with Gasteiger partial charge in [0.05, 0.1) is 11.7 Å². The van der Waals surface area contributed by atoms with Crippen LogP contribution in [0.3, 0.4) is 0 Å². The molecule has 4 unspecified atom stereocenters. The van der Waals surface area contributed by atoms with Crippen molar-refractivity contribution < 1.29 is 38.4 Å². The summed E-state index contributed by atoms with van der Waals surface area (Å²) in [7, 11) is -4.86. The molecule has 1 aromatic rings. The number of hydrogen-bond acceptors (Lipinski definition) is 8. The topological polar surface area (TPSA) is 182 Å². The van der Waals surface area contributed by atoms with E-state index in [1.54, 1.807) is 0 Å². The van der Waals surface area contributed by atoms with Crippen LogP contribution in [0.25, 0.3) is 0 Å². The second-order valence-electron chi connectivity index (χ2n) is 7.64. The lowest BCUT2D eigenvalue weighted by Crippen LogP contribution is -2.46. The number of alkyl halides is 1. The standard InChI is InChI=1S/C17H28FN2O9P/c1-5-16(4,25)30(26,27)29-17(18,6-2)8(3)12-10(21)11(22)13(28-12)9-7-19-15(24)20-14(9)23/h7-8,10-13,21-22,25H,5-6H2,1-4H3,(H,26,27)(H2,19,20,23,24)/t8?,10-,11+,12+,13-,16?,17?/m0/s1. The number of rotatable bonds is 8. The van der Waals surface area contributed by atoms with E-state index < -0.39 is 66.8 Å². The van der Waals surface area contributed by atoms with Gasteiger partial charge in [-0.25, -0.2) is 9.18 Å². The molecule has 172 valence electrons. The van der Waals surface area contributed by atoms with Gasteiger partial charge in [0.25, 0.3) is 5.56 Å². The Balaban J connectivity index is 2.33. The largest absolute Gasteiger partial charge is 0.388 e. The van der Waals surface area contributed by atoms with Crippen LogP contribution in [-0.2, 0) is 13.8 Å². The van der Waals surface area contributed by atoms with E-state index in [2.05, 4.69) is 4.98 Å². The zero-order valence-electron chi connectivity index (χ0n) is 17.0. The molecule has 1 aliphatic heterocycles. The Hall–Kier alpha value is -1.40. The molecule has 0 aliphatic carbocycles. The Bertz CT molecular complexity index is 919. The number of hydrogen-bond donors (Lipinski definition) is 6. The van der Waals surface area contributed by atoms with Crippen LogP contribution in [0.15, 0.2) is 15.8 Å². The summed E-state index contributed by atoms with van der Waals surface area (Å²) in [5, 5.41) is 28.6. The van der Waals surface area contributed by atoms with Crippen LogP contribution < -0.4 is 11.2 Å². The van der Waals surface area contributed by atoms with Gasteiger partial charge >= 0.3 is 13.3 Å². The summed E-state index contributed by atoms with van der Waals surface area (Å²) in [5.74, 6) is -4.21. The Morgan fingerprint density at radius 1 is 1.30 bits per heavy atom. The minimum absolute atomic E-state index is 0.187. The Labute approximate surface area is 171 Å². The van der Waals surface area contributed by atoms with Crippen molar-refractivity contribution in [1.29, 1.82) is 0 Å². The van der Waals surface area contributed by atoms with Crippen molar-refractivity contribution in [2.75, 3.05) is 0 Å². The van der Waals surface area contributed by atoms with E-state index in [9.17, 15) is 34.4 Å². The molecule has 2 rings (SSSR count). The normalized spacial score (nSPS) is 31.5. The van der Waals surface area contributed by atoms with Crippen LogP contribution in [-0.4, -0.2) is 59.7 Å². The number of aliphatic hydroxyl groups is 3. The highest BCUT2D eigenvalue weighted by Gasteiger charge is 2.56. The van der Waals surface area contributed by atoms with Gasteiger partial charge in [0.2, 0.25) is 5.85 Å². The molecule has 0 aromatic carbocycles. The molecular weight excluding hydrogens is 426 g/mol. The van der Waals surface area contributed by atoms with Gasteiger partial charge in [-0.1, -0.05) is 20.8 Å². The van der Waals surface area contributed by atoms with Crippen LogP contribution in [0.2, 0.25) is 0 Å². The number of H-pyrrole nitrogens is 2. The van der Waals surface area contributed by atoms with E-state index in [0.717, 1.165) is 13.1 Å². The van der Waals surface area contributed by atoms with Crippen LogP contribution in [0.4, 0.5) is 4.39 Å². The molecule has 0 amide bonds. The van der Waals surface area contributed by atoms with Crippen LogP contribution in [0, 0.1) is 5.92 Å². The van der Waals surface area contributed by atoms with Gasteiger partial charge in [0, 0.05) is 18.5 Å². The molecule has 1 saturated heterocycles. The highest BCUT2D eigenvalue weighted by Crippen LogP contribution is 2.60. The van der Waals surface area contributed by atoms with Crippen molar-refractivity contribution in [3.05, 3.63) is 32.6 Å². The third-order valence-corrected chi connectivity index (χ3v) is 7.75. The predicted octanol–water partition coefficient (Wildman–Crippen LogP) is 0.257. The molecule has 1 aliphatic rings. The van der Waals surface area contributed by atoms with Gasteiger partial charge < -0.3 is 29.9 Å². The molecule has 30 heavy (non-hydrogen) atoms. The first-order valence-electron chi connectivity index (χ1n) is 9.49. The van der Waals surface area contributed by atoms with Crippen molar-refractivity contribution in [2.45, 2.75) is 76.1 Å². The van der Waals surface area contributed by atoms with Gasteiger partial charge in [0.1, 0.15) is 18.3 Å². The molecule has 8 atom stereocenters. The maximum atomic E-state index is 15.6. The fourth-order valence-electron chi connectivity index (χ4n) is 3.22. The molecule has 1 fully saturated rings. The van der Waals surface area contributed by atoms with Crippen molar-refractivity contribution in [3.8, 4) is 0 Å².